The summed E-state index contributed by atoms with van der Waals surface area (Å²) in [5.74, 6) is 0.273. The van der Waals surface area contributed by atoms with E-state index in [0.717, 1.165) is 37.7 Å². The highest BCUT2D eigenvalue weighted by molar-refractivity contribution is 9.10. The quantitative estimate of drug-likeness (QED) is 0.202. The lowest BCUT2D eigenvalue weighted by molar-refractivity contribution is 0.0191. The predicted molar refractivity (Wildman–Crippen MR) is 130 cm³/mol. The number of ether oxygens (including phenoxy) is 2. The third-order valence-corrected chi connectivity index (χ3v) is 8.14. The highest BCUT2D eigenvalue weighted by Gasteiger charge is 2.51. The zero-order valence-corrected chi connectivity index (χ0v) is 21.4. The van der Waals surface area contributed by atoms with Gasteiger partial charge in [0.2, 0.25) is 0 Å². The maximum atomic E-state index is 13.1. The van der Waals surface area contributed by atoms with Gasteiger partial charge in [-0.1, -0.05) is 38.7 Å². The van der Waals surface area contributed by atoms with Crippen LogP contribution in [-0.2, 0) is 15.9 Å². The molecule has 174 valence electrons. The van der Waals surface area contributed by atoms with Crippen LogP contribution in [0.15, 0.2) is 41.0 Å². The number of epoxide rings is 1. The van der Waals surface area contributed by atoms with Crippen molar-refractivity contribution >= 4 is 21.9 Å². The van der Waals surface area contributed by atoms with Crippen molar-refractivity contribution in [1.29, 1.82) is 0 Å². The molecule has 1 N–H and O–H groups in total. The van der Waals surface area contributed by atoms with Gasteiger partial charge in [0, 0.05) is 5.92 Å². The number of benzene rings is 1. The molecule has 1 aliphatic carbocycles. The molecule has 1 aromatic carbocycles. The van der Waals surface area contributed by atoms with Crippen LogP contribution in [0.5, 0.6) is 5.75 Å². The normalized spacial score (nSPS) is 33.1. The van der Waals surface area contributed by atoms with Gasteiger partial charge in [-0.2, -0.15) is 0 Å². The molecule has 0 aromatic heterocycles. The Morgan fingerprint density at radius 2 is 1.97 bits per heavy atom. The van der Waals surface area contributed by atoms with E-state index < -0.39 is 0 Å². The summed E-state index contributed by atoms with van der Waals surface area (Å²) in [6.07, 6.45) is 7.59. The lowest BCUT2D eigenvalue weighted by Crippen LogP contribution is -2.35. The second kappa shape index (κ2) is 8.64. The molecule has 4 rings (SSSR count). The van der Waals surface area contributed by atoms with Crippen LogP contribution in [0.4, 0.5) is 0 Å². The standard InChI is InChI=1S/C27H35BrO4/c1-16-7-11-24-27(5,32-24)13-12-23(26(3,4)28)31-25(30)18-8-10-22(29)19(14-18)15-21-17(2)6-9-20(16)21/h7-8,10,14,20,23-24,29H,6,9,11-13,15H2,1-5H3/b16-7+/t20?,23-,24-,27-/m0/s1. The first-order chi connectivity index (χ1) is 15.0. The molecule has 2 bridgehead atoms. The van der Waals surface area contributed by atoms with Crippen LogP contribution < -0.4 is 0 Å². The van der Waals surface area contributed by atoms with Crippen molar-refractivity contribution < 1.29 is 19.4 Å². The third kappa shape index (κ3) is 4.84. The van der Waals surface area contributed by atoms with Crippen molar-refractivity contribution in [2.45, 2.75) is 95.3 Å². The minimum Gasteiger partial charge on any atom is -0.508 e. The van der Waals surface area contributed by atoms with E-state index in [4.69, 9.17) is 9.47 Å². The lowest BCUT2D eigenvalue weighted by atomic mass is 9.87. The molecular formula is C27H35BrO4. The first-order valence-corrected chi connectivity index (χ1v) is 12.5. The van der Waals surface area contributed by atoms with Gasteiger partial charge in [0.25, 0.3) is 0 Å². The molecule has 2 heterocycles. The zero-order chi connectivity index (χ0) is 23.3. The number of carbonyl (C=O) groups excluding carboxylic acids is 1. The fourth-order valence-electron chi connectivity index (χ4n) is 5.23. The van der Waals surface area contributed by atoms with Crippen molar-refractivity contribution in [2.24, 2.45) is 5.92 Å². The number of phenolic OH excluding ortho intramolecular Hbond substituents is 1. The smallest absolute Gasteiger partial charge is 0.338 e. The van der Waals surface area contributed by atoms with Crippen LogP contribution in [0.3, 0.4) is 0 Å². The molecule has 1 fully saturated rings. The van der Waals surface area contributed by atoms with Gasteiger partial charge in [0.05, 0.1) is 21.6 Å². The Bertz CT molecular complexity index is 970. The van der Waals surface area contributed by atoms with Gasteiger partial charge in [-0.25, -0.2) is 4.79 Å². The fourth-order valence-corrected chi connectivity index (χ4v) is 5.55. The summed E-state index contributed by atoms with van der Waals surface area (Å²) in [7, 11) is 0. The Balaban J connectivity index is 1.71. The molecular weight excluding hydrogens is 468 g/mol. The van der Waals surface area contributed by atoms with Crippen molar-refractivity contribution in [2.75, 3.05) is 0 Å². The lowest BCUT2D eigenvalue weighted by Gasteiger charge is -2.29. The Morgan fingerprint density at radius 3 is 2.69 bits per heavy atom. The average Bonchev–Trinajstić information content (AvgIpc) is 3.23. The van der Waals surface area contributed by atoms with Gasteiger partial charge in [-0.3, -0.25) is 0 Å². The first kappa shape index (κ1) is 23.6. The molecule has 1 unspecified atom stereocenters. The summed E-state index contributed by atoms with van der Waals surface area (Å²) in [4.78, 5) is 13.1. The number of hydrogen-bond donors (Lipinski definition) is 1. The molecule has 0 radical (unpaired) electrons. The molecule has 1 aromatic rings. The number of allylic oxidation sites excluding steroid dienone is 3. The van der Waals surface area contributed by atoms with Crippen molar-refractivity contribution in [3.63, 3.8) is 0 Å². The summed E-state index contributed by atoms with van der Waals surface area (Å²) in [5, 5.41) is 10.6. The SMILES string of the molecule is CC1=C2Cc3cc(ccc3O)C(=O)O[C@H](C(C)(C)Br)CC[C@]3(C)O[C@H]3C/C=C(\C)C2CC1. The van der Waals surface area contributed by atoms with Gasteiger partial charge >= 0.3 is 5.97 Å². The van der Waals surface area contributed by atoms with E-state index in [-0.39, 0.29) is 33.9 Å². The van der Waals surface area contributed by atoms with E-state index >= 15 is 0 Å². The van der Waals surface area contributed by atoms with Crippen molar-refractivity contribution in [3.05, 3.63) is 52.1 Å². The van der Waals surface area contributed by atoms with E-state index in [1.54, 1.807) is 18.2 Å². The summed E-state index contributed by atoms with van der Waals surface area (Å²) >= 11 is 3.71. The summed E-state index contributed by atoms with van der Waals surface area (Å²) < 4.78 is 11.7. The first-order valence-electron chi connectivity index (χ1n) is 11.7. The summed E-state index contributed by atoms with van der Waals surface area (Å²) in [5.41, 5.74) is 5.26. The topological polar surface area (TPSA) is 59.1 Å². The Kier molecular flexibility index (Phi) is 6.36. The van der Waals surface area contributed by atoms with Crippen LogP contribution in [0.25, 0.3) is 0 Å². The third-order valence-electron chi connectivity index (χ3n) is 7.63. The number of fused-ring (bicyclic) bond motifs is 4. The van der Waals surface area contributed by atoms with Crippen LogP contribution >= 0.6 is 15.9 Å². The molecule has 3 aliphatic rings. The molecule has 4 atom stereocenters. The molecule has 2 aliphatic heterocycles. The van der Waals surface area contributed by atoms with E-state index in [1.165, 1.54) is 16.7 Å². The Hall–Kier alpha value is -1.59. The number of esters is 1. The molecule has 0 saturated carbocycles. The van der Waals surface area contributed by atoms with Crippen LogP contribution in [0.1, 0.15) is 82.6 Å². The second-order valence-electron chi connectivity index (χ2n) is 10.5. The number of carbonyl (C=O) groups is 1. The van der Waals surface area contributed by atoms with Gasteiger partial charge < -0.3 is 14.6 Å². The highest BCUT2D eigenvalue weighted by atomic mass is 79.9. The summed E-state index contributed by atoms with van der Waals surface area (Å²) in [6.45, 7) is 10.6. The van der Waals surface area contributed by atoms with E-state index in [1.807, 2.05) is 13.8 Å². The number of phenols is 1. The number of halogens is 1. The van der Waals surface area contributed by atoms with Crippen LogP contribution in [0.2, 0.25) is 0 Å². The minimum absolute atomic E-state index is 0.160. The second-order valence-corrected chi connectivity index (χ2v) is 12.6. The Morgan fingerprint density at radius 1 is 1.22 bits per heavy atom. The number of alkyl halides is 1. The van der Waals surface area contributed by atoms with Gasteiger partial charge in [-0.05, 0) is 96.9 Å². The molecule has 0 amide bonds. The van der Waals surface area contributed by atoms with Crippen LogP contribution in [-0.4, -0.2) is 33.2 Å². The number of aromatic hydroxyl groups is 1. The summed E-state index contributed by atoms with van der Waals surface area (Å²) in [6, 6.07) is 5.08. The maximum Gasteiger partial charge on any atom is 0.338 e. The molecule has 0 spiro atoms. The number of rotatable bonds is 1. The number of hydrogen-bond acceptors (Lipinski definition) is 4. The minimum atomic E-state index is -0.357. The zero-order valence-electron chi connectivity index (χ0n) is 19.8. The Labute approximate surface area is 200 Å². The molecule has 32 heavy (non-hydrogen) atoms. The monoisotopic (exact) mass is 502 g/mol. The van der Waals surface area contributed by atoms with Crippen molar-refractivity contribution in [1.82, 2.24) is 0 Å². The molecule has 5 heteroatoms. The fraction of sp³-hybridized carbons (Fsp3) is 0.593. The number of cyclic esters (lactones) is 1. The largest absolute Gasteiger partial charge is 0.508 e. The highest BCUT2D eigenvalue weighted by Crippen LogP contribution is 2.46. The van der Waals surface area contributed by atoms with Crippen LogP contribution in [0, 0.1) is 5.92 Å². The van der Waals surface area contributed by atoms with E-state index in [0.29, 0.717) is 17.9 Å². The predicted octanol–water partition coefficient (Wildman–Crippen LogP) is 6.65. The average molecular weight is 503 g/mol. The van der Waals surface area contributed by atoms with E-state index in [9.17, 15) is 9.90 Å². The van der Waals surface area contributed by atoms with Gasteiger partial charge in [0.15, 0.2) is 0 Å². The molecule has 4 nitrogen and oxygen atoms in total. The van der Waals surface area contributed by atoms with Gasteiger partial charge in [0.1, 0.15) is 11.9 Å². The maximum absolute atomic E-state index is 13.1. The molecule has 1 saturated heterocycles. The van der Waals surface area contributed by atoms with E-state index in [2.05, 4.69) is 42.8 Å². The van der Waals surface area contributed by atoms with Gasteiger partial charge in [-0.15, -0.1) is 0 Å². The van der Waals surface area contributed by atoms with Crippen molar-refractivity contribution in [3.8, 4) is 5.75 Å².